The lowest BCUT2D eigenvalue weighted by molar-refractivity contribution is 1.01. The molecule has 200 valence electrons. The highest BCUT2D eigenvalue weighted by Crippen LogP contribution is 2.48. The Morgan fingerprint density at radius 2 is 0.953 bits per heavy atom. The van der Waals surface area contributed by atoms with Crippen molar-refractivity contribution in [2.24, 2.45) is 0 Å². The largest absolute Gasteiger partial charge is 0.278 e. The second-order valence-corrected chi connectivity index (χ2v) is 13.1. The summed E-state index contributed by atoms with van der Waals surface area (Å²) >= 11 is 3.73. The molecule has 0 aliphatic heterocycles. The van der Waals surface area contributed by atoms with Gasteiger partial charge in [0.25, 0.3) is 0 Å². The normalized spacial score (nSPS) is 12.2. The standard InChI is InChI=1S/C38H21N3S2/c1-2-10-22(11-3-1)37-23-12-4-7-15-26(23)39-38(40-37)41-27-18-20-31-33(24-13-5-8-16-29(24)42-31)35(27)36-28(41)19-21-32-34(36)25-14-6-9-17-30(25)43-32/h1-21H. The number of para-hydroxylation sites is 1. The van der Waals surface area contributed by atoms with Crippen LogP contribution in [-0.2, 0) is 0 Å². The fourth-order valence-corrected chi connectivity index (χ4v) is 9.04. The summed E-state index contributed by atoms with van der Waals surface area (Å²) in [5.74, 6) is 0.690. The van der Waals surface area contributed by atoms with Gasteiger partial charge < -0.3 is 0 Å². The Morgan fingerprint density at radius 1 is 0.419 bits per heavy atom. The Bertz CT molecular complexity index is 2600. The van der Waals surface area contributed by atoms with Gasteiger partial charge in [0.15, 0.2) is 0 Å². The van der Waals surface area contributed by atoms with Crippen molar-refractivity contribution in [1.82, 2.24) is 14.5 Å². The Hall–Kier alpha value is -5.10. The van der Waals surface area contributed by atoms with E-state index < -0.39 is 0 Å². The molecule has 0 aliphatic rings. The molecule has 0 bridgehead atoms. The summed E-state index contributed by atoms with van der Waals surface area (Å²) in [5.41, 5.74) is 5.22. The van der Waals surface area contributed by atoms with E-state index in [1.807, 2.05) is 28.7 Å². The Balaban J connectivity index is 1.45. The zero-order valence-electron chi connectivity index (χ0n) is 22.8. The average Bonchev–Trinajstić information content (AvgIpc) is 3.73. The van der Waals surface area contributed by atoms with Crippen LogP contribution in [0.15, 0.2) is 127 Å². The minimum Gasteiger partial charge on any atom is -0.278 e. The molecule has 0 unspecified atom stereocenters. The van der Waals surface area contributed by atoms with Gasteiger partial charge in [0.2, 0.25) is 5.95 Å². The van der Waals surface area contributed by atoms with Crippen molar-refractivity contribution in [1.29, 1.82) is 0 Å². The van der Waals surface area contributed by atoms with Gasteiger partial charge in [-0.1, -0.05) is 84.9 Å². The molecule has 0 saturated heterocycles. The van der Waals surface area contributed by atoms with Crippen LogP contribution in [0.3, 0.4) is 0 Å². The van der Waals surface area contributed by atoms with Gasteiger partial charge in [0, 0.05) is 62.1 Å². The van der Waals surface area contributed by atoms with Gasteiger partial charge in [-0.2, -0.15) is 0 Å². The molecule has 0 atom stereocenters. The first-order chi connectivity index (χ1) is 21.3. The molecule has 0 amide bonds. The molecule has 0 saturated carbocycles. The molecule has 6 aromatic carbocycles. The second-order valence-electron chi connectivity index (χ2n) is 11.0. The van der Waals surface area contributed by atoms with Gasteiger partial charge in [-0.25, -0.2) is 9.97 Å². The molecule has 10 rings (SSSR count). The summed E-state index contributed by atoms with van der Waals surface area (Å²) in [5, 5.41) is 8.83. The molecular weight excluding hydrogens is 563 g/mol. The highest BCUT2D eigenvalue weighted by Gasteiger charge is 2.23. The lowest BCUT2D eigenvalue weighted by Crippen LogP contribution is -2.03. The predicted octanol–water partition coefficient (Wildman–Crippen LogP) is 11.1. The van der Waals surface area contributed by atoms with E-state index in [9.17, 15) is 0 Å². The maximum absolute atomic E-state index is 5.33. The molecule has 0 N–H and O–H groups in total. The lowest BCUT2D eigenvalue weighted by Gasteiger charge is -2.11. The number of nitrogens with zero attached hydrogens (tertiary/aromatic N) is 3. The lowest BCUT2D eigenvalue weighted by atomic mass is 10.0. The van der Waals surface area contributed by atoms with Gasteiger partial charge in [0.1, 0.15) is 0 Å². The van der Waals surface area contributed by atoms with Crippen LogP contribution in [0.1, 0.15) is 0 Å². The number of rotatable bonds is 2. The number of hydrogen-bond donors (Lipinski definition) is 0. The predicted molar refractivity (Wildman–Crippen MR) is 185 cm³/mol. The SMILES string of the molecule is c1ccc(-c2nc(-n3c4ccc5sc6ccccc6c5c4c4c5c(ccc43)sc3ccccc35)nc3ccccc23)cc1. The number of thiophene rings is 2. The summed E-state index contributed by atoms with van der Waals surface area (Å²) in [6, 6.07) is 45.5. The first-order valence-electron chi connectivity index (χ1n) is 14.3. The van der Waals surface area contributed by atoms with Crippen molar-refractivity contribution < 1.29 is 0 Å². The van der Waals surface area contributed by atoms with E-state index in [-0.39, 0.29) is 0 Å². The van der Waals surface area contributed by atoms with E-state index in [1.165, 1.54) is 51.1 Å². The van der Waals surface area contributed by atoms with E-state index in [0.717, 1.165) is 33.2 Å². The summed E-state index contributed by atoms with van der Waals surface area (Å²) in [6.45, 7) is 0. The highest BCUT2D eigenvalue weighted by atomic mass is 32.1. The van der Waals surface area contributed by atoms with E-state index in [2.05, 4.69) is 126 Å². The van der Waals surface area contributed by atoms with Gasteiger partial charge in [-0.05, 0) is 42.5 Å². The van der Waals surface area contributed by atoms with Crippen molar-refractivity contribution >= 4 is 95.7 Å². The first kappa shape index (κ1) is 23.5. The van der Waals surface area contributed by atoms with E-state index in [4.69, 9.17) is 9.97 Å². The summed E-state index contributed by atoms with van der Waals surface area (Å²) < 4.78 is 7.51. The smallest absolute Gasteiger partial charge is 0.235 e. The fraction of sp³-hybridized carbons (Fsp3) is 0. The fourth-order valence-electron chi connectivity index (χ4n) is 6.82. The zero-order chi connectivity index (χ0) is 28.1. The van der Waals surface area contributed by atoms with Crippen molar-refractivity contribution in [3.8, 4) is 17.2 Å². The van der Waals surface area contributed by atoms with Crippen LogP contribution in [-0.4, -0.2) is 14.5 Å². The third-order valence-electron chi connectivity index (χ3n) is 8.61. The van der Waals surface area contributed by atoms with Gasteiger partial charge in [0.05, 0.1) is 22.2 Å². The maximum atomic E-state index is 5.33. The number of fused-ring (bicyclic) bond motifs is 12. The zero-order valence-corrected chi connectivity index (χ0v) is 24.4. The van der Waals surface area contributed by atoms with E-state index in [1.54, 1.807) is 0 Å². The Kier molecular flexibility index (Phi) is 4.75. The monoisotopic (exact) mass is 583 g/mol. The summed E-state index contributed by atoms with van der Waals surface area (Å²) in [6.07, 6.45) is 0. The number of benzene rings is 6. The van der Waals surface area contributed by atoms with Crippen LogP contribution >= 0.6 is 22.7 Å². The van der Waals surface area contributed by atoms with E-state index >= 15 is 0 Å². The van der Waals surface area contributed by atoms with Gasteiger partial charge in [-0.3, -0.25) is 4.57 Å². The highest BCUT2D eigenvalue weighted by molar-refractivity contribution is 7.26. The average molecular weight is 584 g/mol. The van der Waals surface area contributed by atoms with Crippen molar-refractivity contribution in [2.45, 2.75) is 0 Å². The Morgan fingerprint density at radius 3 is 1.58 bits per heavy atom. The summed E-state index contributed by atoms with van der Waals surface area (Å²) in [4.78, 5) is 10.6. The van der Waals surface area contributed by atoms with Crippen molar-refractivity contribution in [2.75, 3.05) is 0 Å². The maximum Gasteiger partial charge on any atom is 0.235 e. The second kappa shape index (κ2) is 8.71. The molecule has 4 heterocycles. The van der Waals surface area contributed by atoms with Crippen LogP contribution < -0.4 is 0 Å². The van der Waals surface area contributed by atoms with Crippen LogP contribution in [0.5, 0.6) is 0 Å². The minimum absolute atomic E-state index is 0.690. The molecule has 4 aromatic heterocycles. The minimum atomic E-state index is 0.690. The molecule has 0 spiro atoms. The third kappa shape index (κ3) is 3.23. The molecule has 10 aromatic rings. The van der Waals surface area contributed by atoms with Crippen LogP contribution in [0.2, 0.25) is 0 Å². The van der Waals surface area contributed by atoms with Gasteiger partial charge in [-0.15, -0.1) is 22.7 Å². The van der Waals surface area contributed by atoms with Crippen molar-refractivity contribution in [3.05, 3.63) is 127 Å². The van der Waals surface area contributed by atoms with E-state index in [0.29, 0.717) is 5.95 Å². The molecule has 3 nitrogen and oxygen atoms in total. The topological polar surface area (TPSA) is 30.7 Å². The molecule has 0 aliphatic carbocycles. The number of hydrogen-bond acceptors (Lipinski definition) is 4. The van der Waals surface area contributed by atoms with Crippen LogP contribution in [0, 0.1) is 0 Å². The quantitative estimate of drug-likeness (QED) is 0.203. The van der Waals surface area contributed by atoms with Crippen LogP contribution in [0.4, 0.5) is 0 Å². The third-order valence-corrected chi connectivity index (χ3v) is 10.9. The molecule has 0 fully saturated rings. The van der Waals surface area contributed by atoms with Crippen LogP contribution in [0.25, 0.3) is 90.3 Å². The molecule has 5 heteroatoms. The first-order valence-corrected chi connectivity index (χ1v) is 16.0. The van der Waals surface area contributed by atoms with Crippen molar-refractivity contribution in [3.63, 3.8) is 0 Å². The Labute approximate surface area is 253 Å². The number of aromatic nitrogens is 3. The molecule has 43 heavy (non-hydrogen) atoms. The molecule has 0 radical (unpaired) electrons. The summed E-state index contributed by atoms with van der Waals surface area (Å²) in [7, 11) is 0. The van der Waals surface area contributed by atoms with Gasteiger partial charge >= 0.3 is 0 Å². The molecular formula is C38H21N3S2.